The van der Waals surface area contributed by atoms with Crippen LogP contribution in [0.15, 0.2) is 69.9 Å². The summed E-state index contributed by atoms with van der Waals surface area (Å²) in [6.07, 6.45) is 0. The molecular weight excluding hydrogens is 342 g/mol. The third kappa shape index (κ3) is 2.56. The second-order valence-corrected chi connectivity index (χ2v) is 6.12. The molecule has 0 radical (unpaired) electrons. The van der Waals surface area contributed by atoms with E-state index in [-0.39, 0.29) is 11.7 Å². The molecule has 0 saturated carbocycles. The Morgan fingerprint density at radius 2 is 1.70 bits per heavy atom. The van der Waals surface area contributed by atoms with E-state index in [0.29, 0.717) is 16.7 Å². The number of rotatable bonds is 2. The molecule has 0 aliphatic carbocycles. The van der Waals surface area contributed by atoms with Crippen LogP contribution in [0.3, 0.4) is 0 Å². The fourth-order valence-corrected chi connectivity index (χ4v) is 2.97. The lowest BCUT2D eigenvalue weighted by Crippen LogP contribution is -2.03. The van der Waals surface area contributed by atoms with Gasteiger partial charge in [-0.15, -0.1) is 5.10 Å². The number of nitrogens with zero attached hydrogens (tertiary/aromatic N) is 5. The zero-order chi connectivity index (χ0) is 18.4. The van der Waals surface area contributed by atoms with Crippen molar-refractivity contribution in [1.29, 1.82) is 0 Å². The molecule has 0 aliphatic rings. The Morgan fingerprint density at radius 1 is 0.926 bits per heavy atom. The van der Waals surface area contributed by atoms with Gasteiger partial charge in [0.1, 0.15) is 0 Å². The quantitative estimate of drug-likeness (QED) is 0.483. The highest BCUT2D eigenvalue weighted by Crippen LogP contribution is 2.21. The largest absolute Gasteiger partial charge is 0.400 e. The maximum Gasteiger partial charge on any atom is 0.347 e. The fourth-order valence-electron chi connectivity index (χ4n) is 2.97. The van der Waals surface area contributed by atoms with Crippen LogP contribution >= 0.6 is 0 Å². The summed E-state index contributed by atoms with van der Waals surface area (Å²) in [6, 6.07) is 18.8. The van der Waals surface area contributed by atoms with E-state index in [0.717, 1.165) is 17.0 Å². The molecule has 0 amide bonds. The van der Waals surface area contributed by atoms with Crippen LogP contribution in [0, 0.1) is 6.92 Å². The maximum absolute atomic E-state index is 12.2. The van der Waals surface area contributed by atoms with Crippen LogP contribution in [-0.2, 0) is 0 Å². The number of hydrogen-bond donors (Lipinski definition) is 0. The predicted molar refractivity (Wildman–Crippen MR) is 100 cm³/mol. The molecule has 0 aliphatic heterocycles. The minimum atomic E-state index is -0.468. The number of fused-ring (bicyclic) bond motifs is 2. The van der Waals surface area contributed by atoms with E-state index in [4.69, 9.17) is 4.42 Å². The van der Waals surface area contributed by atoms with Crippen molar-refractivity contribution in [3.05, 3.63) is 76.8 Å². The van der Waals surface area contributed by atoms with Crippen molar-refractivity contribution >= 4 is 16.7 Å². The Hall–Kier alpha value is -3.87. The first-order valence-electron chi connectivity index (χ1n) is 8.39. The van der Waals surface area contributed by atoms with Crippen LogP contribution in [0.2, 0.25) is 0 Å². The molecule has 0 bridgehead atoms. The topological polar surface area (TPSA) is 86.2 Å². The van der Waals surface area contributed by atoms with E-state index < -0.39 is 5.63 Å². The molecule has 2 aromatic carbocycles. The van der Waals surface area contributed by atoms with Gasteiger partial charge in [0.25, 0.3) is 11.7 Å². The normalized spacial score (nSPS) is 11.3. The predicted octanol–water partition coefficient (Wildman–Crippen LogP) is 3.27. The van der Waals surface area contributed by atoms with Gasteiger partial charge in [-0.1, -0.05) is 42.5 Å². The van der Waals surface area contributed by atoms with Crippen LogP contribution in [0.4, 0.5) is 0 Å². The molecular formula is C20H13N5O2. The third-order valence-electron chi connectivity index (χ3n) is 4.29. The second-order valence-electron chi connectivity index (χ2n) is 6.12. The maximum atomic E-state index is 12.2. The van der Waals surface area contributed by atoms with Crippen molar-refractivity contribution < 1.29 is 4.42 Å². The summed E-state index contributed by atoms with van der Waals surface area (Å²) < 4.78 is 6.94. The van der Waals surface area contributed by atoms with Crippen LogP contribution in [0.1, 0.15) is 5.69 Å². The summed E-state index contributed by atoms with van der Waals surface area (Å²) in [5.74, 6) is 0.713. The summed E-state index contributed by atoms with van der Waals surface area (Å²) in [5.41, 5.74) is 2.72. The van der Waals surface area contributed by atoms with Crippen molar-refractivity contribution in [3.8, 4) is 23.0 Å². The lowest BCUT2D eigenvalue weighted by atomic mass is 10.1. The Balaban J connectivity index is 1.69. The van der Waals surface area contributed by atoms with Gasteiger partial charge in [-0.05, 0) is 25.1 Å². The van der Waals surface area contributed by atoms with Gasteiger partial charge in [0.05, 0.1) is 16.6 Å². The Morgan fingerprint density at radius 3 is 2.56 bits per heavy atom. The van der Waals surface area contributed by atoms with Crippen molar-refractivity contribution in [3.63, 3.8) is 0 Å². The first-order chi connectivity index (χ1) is 13.2. The molecule has 5 rings (SSSR count). The second kappa shape index (κ2) is 5.84. The summed E-state index contributed by atoms with van der Waals surface area (Å²) in [7, 11) is 0. The van der Waals surface area contributed by atoms with Crippen molar-refractivity contribution in [1.82, 2.24) is 24.6 Å². The molecule has 5 aromatic rings. The highest BCUT2D eigenvalue weighted by atomic mass is 16.4. The van der Waals surface area contributed by atoms with Crippen LogP contribution in [0.25, 0.3) is 39.7 Å². The minimum Gasteiger partial charge on any atom is -0.400 e. The van der Waals surface area contributed by atoms with Crippen LogP contribution < -0.4 is 5.63 Å². The van der Waals surface area contributed by atoms with Crippen LogP contribution in [0.5, 0.6) is 0 Å². The Bertz CT molecular complexity index is 1360. The molecule has 7 nitrogen and oxygen atoms in total. The van der Waals surface area contributed by atoms with Gasteiger partial charge in [-0.25, -0.2) is 19.3 Å². The highest BCUT2D eigenvalue weighted by molar-refractivity contribution is 5.78. The standard InChI is InChI=1S/C20H13N5O2/c1-12-11-16(13-7-3-2-4-8-13)22-20-23-17(24-25(12)20)18-21-15-10-6-5-9-14(15)19(26)27-18/h2-11H,1H3. The summed E-state index contributed by atoms with van der Waals surface area (Å²) in [6.45, 7) is 1.92. The smallest absolute Gasteiger partial charge is 0.347 e. The third-order valence-corrected chi connectivity index (χ3v) is 4.29. The van der Waals surface area contributed by atoms with E-state index in [1.807, 2.05) is 49.4 Å². The molecule has 0 N–H and O–H groups in total. The molecule has 27 heavy (non-hydrogen) atoms. The molecule has 3 heterocycles. The molecule has 130 valence electrons. The molecule has 0 unspecified atom stereocenters. The van der Waals surface area contributed by atoms with Gasteiger partial charge in [-0.3, -0.25) is 0 Å². The number of para-hydroxylation sites is 1. The Kier molecular flexibility index (Phi) is 3.33. The zero-order valence-electron chi connectivity index (χ0n) is 14.3. The van der Waals surface area contributed by atoms with E-state index in [2.05, 4.69) is 20.1 Å². The Labute approximate surface area is 153 Å². The average molecular weight is 355 g/mol. The lowest BCUT2D eigenvalue weighted by Gasteiger charge is -2.03. The fraction of sp³-hybridized carbons (Fsp3) is 0.0500. The van der Waals surface area contributed by atoms with Crippen molar-refractivity contribution in [2.75, 3.05) is 0 Å². The summed E-state index contributed by atoms with van der Waals surface area (Å²) >= 11 is 0. The molecule has 0 spiro atoms. The van der Waals surface area contributed by atoms with Crippen molar-refractivity contribution in [2.45, 2.75) is 6.92 Å². The monoisotopic (exact) mass is 355 g/mol. The summed E-state index contributed by atoms with van der Waals surface area (Å²) in [4.78, 5) is 25.6. The number of aryl methyl sites for hydroxylation is 1. The first-order valence-corrected chi connectivity index (χ1v) is 8.39. The molecule has 0 atom stereocenters. The SMILES string of the molecule is Cc1cc(-c2ccccc2)nc2nc(-c3nc4ccccc4c(=O)o3)nn12. The molecule has 3 aromatic heterocycles. The van der Waals surface area contributed by atoms with Gasteiger partial charge < -0.3 is 4.42 Å². The molecule has 0 fully saturated rings. The first kappa shape index (κ1) is 15.4. The van der Waals surface area contributed by atoms with Gasteiger partial charge in [0.15, 0.2) is 0 Å². The van der Waals surface area contributed by atoms with Gasteiger partial charge in [0.2, 0.25) is 5.82 Å². The number of hydrogen-bond acceptors (Lipinski definition) is 6. The number of benzene rings is 2. The van der Waals surface area contributed by atoms with E-state index in [9.17, 15) is 4.79 Å². The molecule has 7 heteroatoms. The van der Waals surface area contributed by atoms with Gasteiger partial charge >= 0.3 is 5.63 Å². The number of aromatic nitrogens is 5. The van der Waals surface area contributed by atoms with Gasteiger partial charge in [-0.2, -0.15) is 4.98 Å². The van der Waals surface area contributed by atoms with Gasteiger partial charge in [0, 0.05) is 11.3 Å². The molecule has 0 saturated heterocycles. The lowest BCUT2D eigenvalue weighted by molar-refractivity contribution is 0.513. The highest BCUT2D eigenvalue weighted by Gasteiger charge is 2.16. The van der Waals surface area contributed by atoms with E-state index in [1.54, 1.807) is 22.7 Å². The van der Waals surface area contributed by atoms with E-state index >= 15 is 0 Å². The zero-order valence-corrected chi connectivity index (χ0v) is 14.3. The minimum absolute atomic E-state index is 0.0739. The van der Waals surface area contributed by atoms with Crippen LogP contribution in [-0.4, -0.2) is 24.6 Å². The summed E-state index contributed by atoms with van der Waals surface area (Å²) in [5, 5.41) is 4.84. The average Bonchev–Trinajstić information content (AvgIpc) is 3.14. The van der Waals surface area contributed by atoms with E-state index in [1.165, 1.54) is 0 Å². The van der Waals surface area contributed by atoms with Crippen molar-refractivity contribution in [2.24, 2.45) is 0 Å².